The summed E-state index contributed by atoms with van der Waals surface area (Å²) in [5.41, 5.74) is 1.08. The molecular weight excluding hydrogens is 278 g/mol. The molecule has 1 heterocycles. The summed E-state index contributed by atoms with van der Waals surface area (Å²) in [6, 6.07) is 6.63. The maximum absolute atomic E-state index is 4.38. The Kier molecular flexibility index (Phi) is 6.70. The van der Waals surface area contributed by atoms with E-state index < -0.39 is 0 Å². The van der Waals surface area contributed by atoms with Gasteiger partial charge in [0.15, 0.2) is 0 Å². The summed E-state index contributed by atoms with van der Waals surface area (Å²) < 4.78 is 0.899. The molecule has 0 radical (unpaired) electrons. The maximum atomic E-state index is 4.38. The van der Waals surface area contributed by atoms with Crippen LogP contribution in [0.5, 0.6) is 0 Å². The van der Waals surface area contributed by atoms with Gasteiger partial charge in [0.1, 0.15) is 4.60 Å². The number of nitrogens with one attached hydrogen (secondary N) is 1. The van der Waals surface area contributed by atoms with Crippen molar-refractivity contribution in [3.05, 3.63) is 28.5 Å². The zero-order valence-electron chi connectivity index (χ0n) is 10.9. The molecule has 0 aliphatic rings. The van der Waals surface area contributed by atoms with Crippen LogP contribution in [0.15, 0.2) is 22.8 Å². The summed E-state index contributed by atoms with van der Waals surface area (Å²) in [5.74, 6) is 0. The van der Waals surface area contributed by atoms with Gasteiger partial charge >= 0.3 is 0 Å². The first-order chi connectivity index (χ1) is 8.09. The predicted molar refractivity (Wildman–Crippen MR) is 76.0 cm³/mol. The fraction of sp³-hybridized carbons (Fsp3) is 0.615. The van der Waals surface area contributed by atoms with Crippen molar-refractivity contribution in [3.63, 3.8) is 0 Å². The molecular formula is C13H22BrN3. The highest BCUT2D eigenvalue weighted by Crippen LogP contribution is 2.05. The molecule has 17 heavy (non-hydrogen) atoms. The van der Waals surface area contributed by atoms with E-state index in [0.717, 1.165) is 29.9 Å². The van der Waals surface area contributed by atoms with E-state index in [4.69, 9.17) is 0 Å². The van der Waals surface area contributed by atoms with Crippen LogP contribution < -0.4 is 5.32 Å². The quantitative estimate of drug-likeness (QED) is 0.620. The number of hydrogen-bond donors (Lipinski definition) is 1. The zero-order valence-corrected chi connectivity index (χ0v) is 12.5. The van der Waals surface area contributed by atoms with E-state index >= 15 is 0 Å². The molecule has 96 valence electrons. The lowest BCUT2D eigenvalue weighted by Gasteiger charge is -2.20. The number of rotatable bonds is 7. The molecule has 0 saturated carbocycles. The zero-order chi connectivity index (χ0) is 12.7. The van der Waals surface area contributed by atoms with Gasteiger partial charge in [-0.1, -0.05) is 6.07 Å². The van der Waals surface area contributed by atoms with Gasteiger partial charge in [-0.25, -0.2) is 4.98 Å². The van der Waals surface area contributed by atoms with E-state index in [0.29, 0.717) is 6.04 Å². The summed E-state index contributed by atoms with van der Waals surface area (Å²) in [4.78, 5) is 6.74. The molecule has 1 N–H and O–H groups in total. The van der Waals surface area contributed by atoms with Gasteiger partial charge in [0.2, 0.25) is 0 Å². The van der Waals surface area contributed by atoms with Crippen LogP contribution in [0, 0.1) is 0 Å². The van der Waals surface area contributed by atoms with Crippen molar-refractivity contribution in [2.45, 2.75) is 32.9 Å². The minimum atomic E-state index is 0.627. The van der Waals surface area contributed by atoms with Crippen LogP contribution in [-0.4, -0.2) is 36.1 Å². The molecule has 1 rings (SSSR count). The Bertz CT molecular complexity index is 328. The van der Waals surface area contributed by atoms with Crippen molar-refractivity contribution in [2.24, 2.45) is 0 Å². The molecule has 0 unspecified atom stereocenters. The van der Waals surface area contributed by atoms with Crippen molar-refractivity contribution < 1.29 is 0 Å². The Morgan fingerprint density at radius 3 is 2.82 bits per heavy atom. The largest absolute Gasteiger partial charge is 0.311 e. The topological polar surface area (TPSA) is 28.2 Å². The fourth-order valence-electron chi connectivity index (χ4n) is 1.48. The predicted octanol–water partition coefficient (Wildman–Crippen LogP) is 2.66. The van der Waals surface area contributed by atoms with Gasteiger partial charge in [0.05, 0.1) is 5.69 Å². The van der Waals surface area contributed by atoms with E-state index in [9.17, 15) is 0 Å². The number of pyridine rings is 1. The van der Waals surface area contributed by atoms with Crippen molar-refractivity contribution in [1.82, 2.24) is 15.2 Å². The first-order valence-electron chi connectivity index (χ1n) is 6.12. The van der Waals surface area contributed by atoms with Crippen LogP contribution in [0.4, 0.5) is 0 Å². The Labute approximate surface area is 113 Å². The standard InChI is InChI=1S/C13H22BrN3/c1-11(2)17(3)9-5-8-15-10-12-6-4-7-13(14)16-12/h4,6-7,11,15H,5,8-10H2,1-3H3. The SMILES string of the molecule is CC(C)N(C)CCCNCc1cccc(Br)n1. The number of nitrogens with zero attached hydrogens (tertiary/aromatic N) is 2. The van der Waals surface area contributed by atoms with Crippen LogP contribution in [-0.2, 0) is 6.54 Å². The highest BCUT2D eigenvalue weighted by atomic mass is 79.9. The molecule has 0 amide bonds. The summed E-state index contributed by atoms with van der Waals surface area (Å²) in [6.45, 7) is 7.45. The van der Waals surface area contributed by atoms with Crippen LogP contribution in [0.25, 0.3) is 0 Å². The lowest BCUT2D eigenvalue weighted by molar-refractivity contribution is 0.269. The summed E-state index contributed by atoms with van der Waals surface area (Å²) in [6.07, 6.45) is 1.17. The normalized spacial score (nSPS) is 11.4. The van der Waals surface area contributed by atoms with Crippen LogP contribution in [0.1, 0.15) is 26.0 Å². The van der Waals surface area contributed by atoms with Gasteiger partial charge in [0.25, 0.3) is 0 Å². The molecule has 0 aliphatic heterocycles. The van der Waals surface area contributed by atoms with Crippen molar-refractivity contribution in [1.29, 1.82) is 0 Å². The lowest BCUT2D eigenvalue weighted by atomic mass is 10.3. The van der Waals surface area contributed by atoms with Crippen molar-refractivity contribution in [2.75, 3.05) is 20.1 Å². The second-order valence-electron chi connectivity index (χ2n) is 4.56. The van der Waals surface area contributed by atoms with Gasteiger partial charge in [-0.05, 0) is 68.5 Å². The van der Waals surface area contributed by atoms with E-state index in [1.54, 1.807) is 0 Å². The number of halogens is 1. The minimum absolute atomic E-state index is 0.627. The lowest BCUT2D eigenvalue weighted by Crippen LogP contribution is -2.29. The van der Waals surface area contributed by atoms with E-state index in [2.05, 4.69) is 52.0 Å². The van der Waals surface area contributed by atoms with Gasteiger partial charge in [-0.2, -0.15) is 0 Å². The highest BCUT2D eigenvalue weighted by molar-refractivity contribution is 9.10. The molecule has 0 bridgehead atoms. The summed E-state index contributed by atoms with van der Waals surface area (Å²) >= 11 is 3.37. The second-order valence-corrected chi connectivity index (χ2v) is 5.37. The van der Waals surface area contributed by atoms with Crippen LogP contribution >= 0.6 is 15.9 Å². The Morgan fingerprint density at radius 2 is 2.18 bits per heavy atom. The molecule has 1 aromatic heterocycles. The van der Waals surface area contributed by atoms with E-state index in [1.807, 2.05) is 18.2 Å². The third-order valence-electron chi connectivity index (χ3n) is 2.82. The molecule has 0 aromatic carbocycles. The van der Waals surface area contributed by atoms with Gasteiger partial charge in [-0.3, -0.25) is 0 Å². The molecule has 0 atom stereocenters. The molecule has 4 heteroatoms. The van der Waals surface area contributed by atoms with E-state index in [1.165, 1.54) is 6.42 Å². The molecule has 3 nitrogen and oxygen atoms in total. The molecule has 0 fully saturated rings. The van der Waals surface area contributed by atoms with Crippen LogP contribution in [0.3, 0.4) is 0 Å². The molecule has 0 aliphatic carbocycles. The molecule has 1 aromatic rings. The maximum Gasteiger partial charge on any atom is 0.106 e. The van der Waals surface area contributed by atoms with E-state index in [-0.39, 0.29) is 0 Å². The highest BCUT2D eigenvalue weighted by Gasteiger charge is 2.01. The minimum Gasteiger partial charge on any atom is -0.311 e. The first kappa shape index (κ1) is 14.6. The van der Waals surface area contributed by atoms with Crippen molar-refractivity contribution in [3.8, 4) is 0 Å². The number of hydrogen-bond acceptors (Lipinski definition) is 3. The van der Waals surface area contributed by atoms with Gasteiger partial charge in [0, 0.05) is 12.6 Å². The third kappa shape index (κ3) is 6.15. The number of aromatic nitrogens is 1. The summed E-state index contributed by atoms with van der Waals surface area (Å²) in [7, 11) is 2.17. The van der Waals surface area contributed by atoms with Gasteiger partial charge in [-0.15, -0.1) is 0 Å². The Hall–Kier alpha value is -0.450. The first-order valence-corrected chi connectivity index (χ1v) is 6.91. The smallest absolute Gasteiger partial charge is 0.106 e. The average Bonchev–Trinajstić information content (AvgIpc) is 2.28. The fourth-order valence-corrected chi connectivity index (χ4v) is 1.86. The summed E-state index contributed by atoms with van der Waals surface area (Å²) in [5, 5.41) is 3.41. The van der Waals surface area contributed by atoms with Gasteiger partial charge < -0.3 is 10.2 Å². The monoisotopic (exact) mass is 299 g/mol. The Morgan fingerprint density at radius 1 is 1.41 bits per heavy atom. The van der Waals surface area contributed by atoms with Crippen molar-refractivity contribution >= 4 is 15.9 Å². The molecule has 0 spiro atoms. The third-order valence-corrected chi connectivity index (χ3v) is 3.27. The van der Waals surface area contributed by atoms with Crippen LogP contribution in [0.2, 0.25) is 0 Å². The molecule has 0 saturated heterocycles. The Balaban J connectivity index is 2.12. The second kappa shape index (κ2) is 7.80. The average molecular weight is 300 g/mol.